The number of aromatic nitrogens is 2. The SMILES string of the molecule is Cn1nc(C(=O)OCC(=O)Nc2ccc(Cl)cc2Cl)c2ccccc2c1=O. The molecule has 0 bridgehead atoms. The van der Waals surface area contributed by atoms with Gasteiger partial charge in [-0.1, -0.05) is 41.4 Å². The van der Waals surface area contributed by atoms with Gasteiger partial charge in [0.2, 0.25) is 0 Å². The predicted molar refractivity (Wildman–Crippen MR) is 102 cm³/mol. The first-order valence-corrected chi connectivity index (χ1v) is 8.50. The van der Waals surface area contributed by atoms with Crippen LogP contribution in [0.25, 0.3) is 10.8 Å². The summed E-state index contributed by atoms with van der Waals surface area (Å²) in [7, 11) is 1.43. The van der Waals surface area contributed by atoms with Gasteiger partial charge < -0.3 is 10.1 Å². The molecule has 3 aromatic rings. The topological polar surface area (TPSA) is 90.3 Å². The summed E-state index contributed by atoms with van der Waals surface area (Å²) >= 11 is 11.8. The predicted octanol–water partition coefficient (Wildman–Crippen LogP) is 3.04. The molecule has 0 fully saturated rings. The molecule has 0 aliphatic carbocycles. The zero-order chi connectivity index (χ0) is 19.6. The van der Waals surface area contributed by atoms with E-state index in [0.29, 0.717) is 21.5 Å². The quantitative estimate of drug-likeness (QED) is 0.673. The molecule has 1 heterocycles. The second-order valence-corrected chi connectivity index (χ2v) is 6.42. The first-order valence-electron chi connectivity index (χ1n) is 7.75. The molecule has 0 radical (unpaired) electrons. The minimum Gasteiger partial charge on any atom is -0.451 e. The third-order valence-corrected chi connectivity index (χ3v) is 4.24. The highest BCUT2D eigenvalue weighted by Gasteiger charge is 2.18. The van der Waals surface area contributed by atoms with Crippen LogP contribution in [-0.2, 0) is 16.6 Å². The zero-order valence-corrected chi connectivity index (χ0v) is 15.5. The van der Waals surface area contributed by atoms with E-state index in [4.69, 9.17) is 27.9 Å². The number of fused-ring (bicyclic) bond motifs is 1. The second-order valence-electron chi connectivity index (χ2n) is 5.57. The summed E-state index contributed by atoms with van der Waals surface area (Å²) < 4.78 is 6.08. The number of carbonyl (C=O) groups is 2. The molecule has 0 unspecified atom stereocenters. The fourth-order valence-corrected chi connectivity index (χ4v) is 2.88. The van der Waals surface area contributed by atoms with Crippen molar-refractivity contribution < 1.29 is 14.3 Å². The van der Waals surface area contributed by atoms with Gasteiger partial charge >= 0.3 is 5.97 Å². The number of halogens is 2. The second kappa shape index (κ2) is 7.77. The van der Waals surface area contributed by atoms with Crippen LogP contribution in [0.5, 0.6) is 0 Å². The molecule has 0 saturated carbocycles. The third kappa shape index (κ3) is 4.10. The molecule has 27 heavy (non-hydrogen) atoms. The number of nitrogens with zero attached hydrogens (tertiary/aromatic N) is 2. The Balaban J connectivity index is 1.75. The van der Waals surface area contributed by atoms with Gasteiger partial charge in [-0.05, 0) is 24.3 Å². The highest BCUT2D eigenvalue weighted by atomic mass is 35.5. The van der Waals surface area contributed by atoms with Crippen molar-refractivity contribution in [2.45, 2.75) is 0 Å². The van der Waals surface area contributed by atoms with Crippen molar-refractivity contribution in [3.63, 3.8) is 0 Å². The van der Waals surface area contributed by atoms with Crippen molar-refractivity contribution >= 4 is 51.5 Å². The van der Waals surface area contributed by atoms with E-state index >= 15 is 0 Å². The maximum absolute atomic E-state index is 12.4. The lowest BCUT2D eigenvalue weighted by Gasteiger charge is -2.10. The van der Waals surface area contributed by atoms with E-state index in [-0.39, 0.29) is 16.3 Å². The number of hydrogen-bond acceptors (Lipinski definition) is 5. The van der Waals surface area contributed by atoms with Gasteiger partial charge in [0, 0.05) is 17.5 Å². The average molecular weight is 406 g/mol. The van der Waals surface area contributed by atoms with Gasteiger partial charge in [-0.15, -0.1) is 0 Å². The van der Waals surface area contributed by atoms with Gasteiger partial charge in [-0.25, -0.2) is 9.48 Å². The number of amides is 1. The molecule has 0 aliphatic rings. The van der Waals surface area contributed by atoms with Crippen LogP contribution in [-0.4, -0.2) is 28.3 Å². The summed E-state index contributed by atoms with van der Waals surface area (Å²) in [6, 6.07) is 11.1. The number of hydrogen-bond donors (Lipinski definition) is 1. The summed E-state index contributed by atoms with van der Waals surface area (Å²) in [5.41, 5.74) is -0.0462. The highest BCUT2D eigenvalue weighted by Crippen LogP contribution is 2.25. The Morgan fingerprint density at radius 2 is 1.85 bits per heavy atom. The number of anilines is 1. The molecule has 2 aromatic carbocycles. The monoisotopic (exact) mass is 405 g/mol. The largest absolute Gasteiger partial charge is 0.451 e. The normalized spacial score (nSPS) is 10.6. The van der Waals surface area contributed by atoms with Crippen molar-refractivity contribution in [2.24, 2.45) is 7.05 Å². The van der Waals surface area contributed by atoms with Crippen molar-refractivity contribution in [3.05, 3.63) is 68.6 Å². The van der Waals surface area contributed by atoms with Crippen LogP contribution in [0.15, 0.2) is 47.3 Å². The smallest absolute Gasteiger partial charge is 0.359 e. The Bertz CT molecular complexity index is 1110. The minimum atomic E-state index is -0.820. The van der Waals surface area contributed by atoms with Crippen LogP contribution in [0, 0.1) is 0 Å². The van der Waals surface area contributed by atoms with Crippen LogP contribution in [0.4, 0.5) is 5.69 Å². The number of benzene rings is 2. The lowest BCUT2D eigenvalue weighted by Crippen LogP contribution is -2.26. The molecule has 138 valence electrons. The van der Waals surface area contributed by atoms with E-state index in [2.05, 4.69) is 10.4 Å². The van der Waals surface area contributed by atoms with Crippen LogP contribution in [0.1, 0.15) is 10.5 Å². The maximum atomic E-state index is 12.4. The van der Waals surface area contributed by atoms with E-state index in [9.17, 15) is 14.4 Å². The summed E-state index contributed by atoms with van der Waals surface area (Å²) in [5, 5.41) is 7.84. The van der Waals surface area contributed by atoms with E-state index < -0.39 is 18.5 Å². The van der Waals surface area contributed by atoms with Crippen LogP contribution in [0.3, 0.4) is 0 Å². The molecular formula is C18H13Cl2N3O4. The summed E-state index contributed by atoms with van der Waals surface area (Å²) in [4.78, 5) is 36.5. The summed E-state index contributed by atoms with van der Waals surface area (Å²) in [6.45, 7) is -0.545. The van der Waals surface area contributed by atoms with Crippen molar-refractivity contribution in [1.29, 1.82) is 0 Å². The number of nitrogens with one attached hydrogen (secondary N) is 1. The number of rotatable bonds is 4. The first-order chi connectivity index (χ1) is 12.9. The zero-order valence-electron chi connectivity index (χ0n) is 14.0. The molecule has 1 aromatic heterocycles. The fourth-order valence-electron chi connectivity index (χ4n) is 2.43. The Kier molecular flexibility index (Phi) is 5.43. The summed E-state index contributed by atoms with van der Waals surface area (Å²) in [6.07, 6.45) is 0. The molecule has 3 rings (SSSR count). The molecule has 0 saturated heterocycles. The Morgan fingerprint density at radius 3 is 2.56 bits per heavy atom. The number of aryl methyl sites for hydroxylation is 1. The van der Waals surface area contributed by atoms with E-state index in [1.807, 2.05) is 0 Å². The van der Waals surface area contributed by atoms with Gasteiger partial charge in [-0.2, -0.15) is 5.10 Å². The lowest BCUT2D eigenvalue weighted by atomic mass is 10.1. The molecule has 0 aliphatic heterocycles. The van der Waals surface area contributed by atoms with E-state index in [0.717, 1.165) is 4.68 Å². The van der Waals surface area contributed by atoms with Gasteiger partial charge in [0.25, 0.3) is 11.5 Å². The molecule has 9 heteroatoms. The molecule has 1 N–H and O–H groups in total. The Labute approximate surface area is 163 Å². The van der Waals surface area contributed by atoms with Gasteiger partial charge in [-0.3, -0.25) is 9.59 Å². The van der Waals surface area contributed by atoms with E-state index in [1.54, 1.807) is 30.3 Å². The number of esters is 1. The van der Waals surface area contributed by atoms with Crippen molar-refractivity contribution in [1.82, 2.24) is 9.78 Å². The van der Waals surface area contributed by atoms with Crippen LogP contribution >= 0.6 is 23.2 Å². The van der Waals surface area contributed by atoms with Crippen LogP contribution < -0.4 is 10.9 Å². The fraction of sp³-hybridized carbons (Fsp3) is 0.111. The Morgan fingerprint density at radius 1 is 1.15 bits per heavy atom. The third-order valence-electron chi connectivity index (χ3n) is 3.69. The van der Waals surface area contributed by atoms with Gasteiger partial charge in [0.05, 0.1) is 16.1 Å². The number of ether oxygens (including phenoxy) is 1. The van der Waals surface area contributed by atoms with Crippen LogP contribution in [0.2, 0.25) is 10.0 Å². The summed E-state index contributed by atoms with van der Waals surface area (Å²) in [5.74, 6) is -1.40. The van der Waals surface area contributed by atoms with E-state index in [1.165, 1.54) is 19.2 Å². The Hall–Kier alpha value is -2.90. The standard InChI is InChI=1S/C18H13Cl2N3O4/c1-23-17(25)12-5-3-2-4-11(12)16(22-23)18(26)27-9-15(24)21-14-7-6-10(19)8-13(14)20/h2-8H,9H2,1H3,(H,21,24). The lowest BCUT2D eigenvalue weighted by molar-refractivity contribution is -0.119. The van der Waals surface area contributed by atoms with Crippen molar-refractivity contribution in [3.8, 4) is 0 Å². The molecule has 0 atom stereocenters. The molecule has 7 nitrogen and oxygen atoms in total. The van der Waals surface area contributed by atoms with Crippen molar-refractivity contribution in [2.75, 3.05) is 11.9 Å². The van der Waals surface area contributed by atoms with Gasteiger partial charge in [0.1, 0.15) is 0 Å². The van der Waals surface area contributed by atoms with Gasteiger partial charge in [0.15, 0.2) is 12.3 Å². The molecule has 0 spiro atoms. The average Bonchev–Trinajstić information content (AvgIpc) is 2.65. The molecule has 1 amide bonds. The molecular weight excluding hydrogens is 393 g/mol. The number of carbonyl (C=O) groups excluding carboxylic acids is 2. The first kappa shape index (κ1) is 18.9. The maximum Gasteiger partial charge on any atom is 0.359 e. The highest BCUT2D eigenvalue weighted by molar-refractivity contribution is 6.36. The minimum absolute atomic E-state index is 0.0509.